The van der Waals surface area contributed by atoms with Gasteiger partial charge in [-0.05, 0) is 0 Å². The Bertz CT molecular complexity index is 9.61. The van der Waals surface area contributed by atoms with Gasteiger partial charge < -0.3 is 10.6 Å². The number of rotatable bonds is 0. The molecule has 0 spiro atoms. The fourth-order valence-electron chi connectivity index (χ4n) is 0. The molecule has 3 N–H and O–H groups in total. The Kier molecular flexibility index (Phi) is 163. The van der Waals surface area contributed by atoms with Crippen LogP contribution in [0.15, 0.2) is 0 Å². The predicted octanol–water partition coefficient (Wildman–Crippen LogP) is -2.78. The van der Waals surface area contributed by atoms with Gasteiger partial charge in [0.05, 0.1) is 0 Å². The topological polar surface area (TPSA) is 51.7 Å². The van der Waals surface area contributed by atoms with Gasteiger partial charge in [-0.2, -0.15) is 0 Å². The zero-order valence-corrected chi connectivity index (χ0v) is 1.95. The molecular formula is CH9BaNaO2. The van der Waals surface area contributed by atoms with Gasteiger partial charge in [0, 0.05) is 7.11 Å². The van der Waals surface area contributed by atoms with E-state index in [1.807, 2.05) is 0 Å². The van der Waals surface area contributed by atoms with Crippen LogP contribution >= 0.6 is 0 Å². The molecule has 28 valence electrons. The fraction of sp³-hybridized carbons (Fsp3) is 1.00. The van der Waals surface area contributed by atoms with Crippen LogP contribution in [0.25, 0.3) is 0 Å². The van der Waals surface area contributed by atoms with E-state index >= 15 is 0 Å². The molecule has 4 heteroatoms. The maximum atomic E-state index is 7.00. The molecule has 0 aromatic rings. The Hall–Kier alpha value is 2.49. The monoisotopic (exact) mass is 214 g/mol. The molecule has 0 saturated heterocycles. The Morgan fingerprint density at radius 3 is 1.20 bits per heavy atom. The van der Waals surface area contributed by atoms with Crippen LogP contribution in [-0.4, -0.2) is 96.1 Å². The van der Waals surface area contributed by atoms with E-state index in [-0.39, 0.29) is 83.9 Å². The van der Waals surface area contributed by atoms with Crippen LogP contribution in [0.3, 0.4) is 0 Å². The van der Waals surface area contributed by atoms with Gasteiger partial charge in [0.2, 0.25) is 0 Å². The van der Waals surface area contributed by atoms with Gasteiger partial charge in [-0.25, -0.2) is 0 Å². The van der Waals surface area contributed by atoms with Crippen molar-refractivity contribution in [3.8, 4) is 0 Å². The minimum absolute atomic E-state index is 0. The van der Waals surface area contributed by atoms with Crippen molar-refractivity contribution >= 4 is 78.4 Å². The van der Waals surface area contributed by atoms with E-state index in [9.17, 15) is 0 Å². The SMILES string of the molecule is CO.O.[BaH2].[NaH]. The minimum atomic E-state index is 0. The van der Waals surface area contributed by atoms with E-state index in [1.165, 1.54) is 0 Å². The van der Waals surface area contributed by atoms with Crippen molar-refractivity contribution in [2.24, 2.45) is 0 Å². The number of aliphatic hydroxyl groups is 1. The molecule has 0 saturated carbocycles. The molecule has 0 aliphatic rings. The van der Waals surface area contributed by atoms with Gasteiger partial charge in [-0.15, -0.1) is 0 Å². The van der Waals surface area contributed by atoms with Crippen molar-refractivity contribution in [3.05, 3.63) is 0 Å². The first-order valence-electron chi connectivity index (χ1n) is 0.447. The molecule has 0 aliphatic heterocycles. The third kappa shape index (κ3) is 21.1. The quantitative estimate of drug-likeness (QED) is 0.435. The Morgan fingerprint density at radius 2 is 1.20 bits per heavy atom. The Labute approximate surface area is 94.0 Å². The summed E-state index contributed by atoms with van der Waals surface area (Å²) in [5, 5.41) is 7.00. The first kappa shape index (κ1) is 25.9. The van der Waals surface area contributed by atoms with Crippen LogP contribution in [-0.2, 0) is 0 Å². The normalized spacial score (nSPS) is 1.20. The third-order valence-corrected chi connectivity index (χ3v) is 0. The van der Waals surface area contributed by atoms with Gasteiger partial charge in [0.1, 0.15) is 0 Å². The van der Waals surface area contributed by atoms with E-state index in [1.54, 1.807) is 0 Å². The fourth-order valence-corrected chi connectivity index (χ4v) is 0. The van der Waals surface area contributed by atoms with Crippen molar-refractivity contribution < 1.29 is 10.6 Å². The summed E-state index contributed by atoms with van der Waals surface area (Å²) in [6.45, 7) is 0. The average molecular weight is 213 g/mol. The molecular weight excluding hydrogens is 204 g/mol. The molecule has 0 radical (unpaired) electrons. The second-order valence-electron chi connectivity index (χ2n) is 0. The van der Waals surface area contributed by atoms with Crippen molar-refractivity contribution in [1.29, 1.82) is 0 Å². The second-order valence-corrected chi connectivity index (χ2v) is 0. The number of hydrogen-bond donors (Lipinski definition) is 1. The molecule has 0 heterocycles. The molecule has 0 aromatic heterocycles. The summed E-state index contributed by atoms with van der Waals surface area (Å²) in [6, 6.07) is 0. The number of hydrogen-bond acceptors (Lipinski definition) is 1. The molecule has 0 rings (SSSR count). The molecule has 0 atom stereocenters. The summed E-state index contributed by atoms with van der Waals surface area (Å²) in [4.78, 5) is 0. The van der Waals surface area contributed by atoms with Crippen molar-refractivity contribution in [2.45, 2.75) is 0 Å². The van der Waals surface area contributed by atoms with Crippen LogP contribution in [0.4, 0.5) is 0 Å². The average Bonchev–Trinajstić information content (AvgIpc) is 1.00. The zero-order valence-electron chi connectivity index (χ0n) is 1.95. The molecule has 2 nitrogen and oxygen atoms in total. The van der Waals surface area contributed by atoms with E-state index in [0.717, 1.165) is 7.11 Å². The summed E-state index contributed by atoms with van der Waals surface area (Å²) < 4.78 is 0. The van der Waals surface area contributed by atoms with Gasteiger partial charge in [0.25, 0.3) is 0 Å². The molecule has 0 aromatic carbocycles. The van der Waals surface area contributed by atoms with E-state index in [0.29, 0.717) is 0 Å². The molecule has 0 amide bonds. The summed E-state index contributed by atoms with van der Waals surface area (Å²) in [5.41, 5.74) is 0. The first-order valence-corrected chi connectivity index (χ1v) is 0.447. The van der Waals surface area contributed by atoms with Crippen molar-refractivity contribution in [1.82, 2.24) is 0 Å². The number of aliphatic hydroxyl groups excluding tert-OH is 1. The molecule has 0 aliphatic carbocycles. The third-order valence-electron chi connectivity index (χ3n) is 0. The zero-order chi connectivity index (χ0) is 2.00. The van der Waals surface area contributed by atoms with E-state index < -0.39 is 0 Å². The molecule has 0 unspecified atom stereocenters. The van der Waals surface area contributed by atoms with Crippen LogP contribution in [0.5, 0.6) is 0 Å². The van der Waals surface area contributed by atoms with Gasteiger partial charge >= 0.3 is 78.4 Å². The molecule has 0 bridgehead atoms. The second kappa shape index (κ2) is 31.5. The van der Waals surface area contributed by atoms with Gasteiger partial charge in [0.15, 0.2) is 0 Å². The van der Waals surface area contributed by atoms with Crippen LogP contribution < -0.4 is 0 Å². The molecule has 0 fully saturated rings. The summed E-state index contributed by atoms with van der Waals surface area (Å²) in [7, 11) is 1.00. The summed E-state index contributed by atoms with van der Waals surface area (Å²) >= 11 is 0. The summed E-state index contributed by atoms with van der Waals surface area (Å²) in [5.74, 6) is 0. The van der Waals surface area contributed by atoms with Gasteiger partial charge in [-0.3, -0.25) is 0 Å². The standard InChI is InChI=1S/CH4O.Ba.Na.H2O.3H/c1-2;;;;;;/h2H,1H3;;;1H2;;;. The van der Waals surface area contributed by atoms with Gasteiger partial charge in [-0.1, -0.05) is 0 Å². The van der Waals surface area contributed by atoms with Crippen LogP contribution in [0.1, 0.15) is 0 Å². The molecule has 5 heavy (non-hydrogen) atoms. The van der Waals surface area contributed by atoms with Crippen molar-refractivity contribution in [2.75, 3.05) is 7.11 Å². The maximum absolute atomic E-state index is 7.00. The van der Waals surface area contributed by atoms with Crippen LogP contribution in [0, 0.1) is 0 Å². The summed E-state index contributed by atoms with van der Waals surface area (Å²) in [6.07, 6.45) is 0. The Balaban J connectivity index is -0.00000000167. The predicted molar refractivity (Wildman–Crippen MR) is 27.4 cm³/mol. The van der Waals surface area contributed by atoms with Crippen molar-refractivity contribution in [3.63, 3.8) is 0 Å². The van der Waals surface area contributed by atoms with Crippen LogP contribution in [0.2, 0.25) is 0 Å². The first-order chi connectivity index (χ1) is 1.00. The van der Waals surface area contributed by atoms with E-state index in [4.69, 9.17) is 5.11 Å². The van der Waals surface area contributed by atoms with E-state index in [2.05, 4.69) is 0 Å². The Morgan fingerprint density at radius 1 is 1.20 bits per heavy atom.